The summed E-state index contributed by atoms with van der Waals surface area (Å²) in [6.07, 6.45) is -92.4. The lowest BCUT2D eigenvalue weighted by atomic mass is 9.94. The second-order valence-electron chi connectivity index (χ2n) is 33.7. The van der Waals surface area contributed by atoms with Crippen molar-refractivity contribution in [3.05, 3.63) is 24.4 Å². The van der Waals surface area contributed by atoms with Gasteiger partial charge in [-0.3, -0.25) is 28.8 Å². The fourth-order valence-corrected chi connectivity index (χ4v) is 16.9. The van der Waals surface area contributed by atoms with E-state index >= 15 is 0 Å². The summed E-state index contributed by atoms with van der Waals surface area (Å²) in [4.78, 5) is 81.6. The lowest BCUT2D eigenvalue weighted by Crippen LogP contribution is -2.71. The van der Waals surface area contributed by atoms with Crippen LogP contribution in [0.3, 0.4) is 0 Å². The highest BCUT2D eigenvalue weighted by Gasteiger charge is 2.62. The molecule has 58 nitrogen and oxygen atoms in total. The van der Waals surface area contributed by atoms with Crippen molar-refractivity contribution in [2.75, 3.05) is 77.9 Å². The summed E-state index contributed by atoms with van der Waals surface area (Å²) < 4.78 is 110. The molecule has 10 heterocycles. The molecule has 9 aliphatic heterocycles. The Bertz CT molecular complexity index is 3870. The Morgan fingerprint density at radius 2 is 0.659 bits per heavy atom. The number of ether oxygens (including phenoxy) is 18. The lowest BCUT2D eigenvalue weighted by Gasteiger charge is -2.51. The van der Waals surface area contributed by atoms with Crippen molar-refractivity contribution in [2.45, 2.75) is 342 Å². The Balaban J connectivity index is 1.07. The van der Waals surface area contributed by atoms with Crippen molar-refractivity contribution in [1.82, 2.24) is 36.9 Å². The molecule has 58 heteroatoms. The van der Waals surface area contributed by atoms with Crippen molar-refractivity contribution < 1.29 is 247 Å². The van der Waals surface area contributed by atoms with Crippen molar-refractivity contribution >= 4 is 41.3 Å². The molecule has 0 aromatic carbocycles. The van der Waals surface area contributed by atoms with Crippen LogP contribution in [0.1, 0.15) is 41.5 Å². The largest absolute Gasteiger partial charge is 0.394 e. The zero-order valence-electron chi connectivity index (χ0n) is 73.3. The molecule has 9 saturated heterocycles. The van der Waals surface area contributed by atoms with Gasteiger partial charge in [-0.25, -0.2) is 4.98 Å². The number of pyridine rings is 1. The van der Waals surface area contributed by atoms with E-state index in [1.165, 1.54) is 12.3 Å². The highest BCUT2D eigenvalue weighted by atomic mass is 16.8. The Morgan fingerprint density at radius 3 is 1.10 bits per heavy atom. The molecule has 9 fully saturated rings. The van der Waals surface area contributed by atoms with Gasteiger partial charge in [0.15, 0.2) is 56.6 Å². The second kappa shape index (κ2) is 50.1. The van der Waals surface area contributed by atoms with Gasteiger partial charge < -0.3 is 255 Å². The SMILES string of the molecule is CC(=O)N[C@H]1[C@H](O[C@@H]([C@H](O)[C@H](CNc2ccccn2)NC(C)=O)[C@H](O)CO)O[C@H](CO)[C@@H](O[C@@H]2O[C@H](CO[C@H]3O[C@H](CO[C@@H]4O[C@H](CO)[C@@H](O)[C@H](O)[C@H]4NC(C)=O)[C@@H](O)[C@H](O)[C@@H]3O[C@@H]3O[C@H](CO)[C@@H](O[C@@H]4O[C@H](CO)[C@H](O)[C@H](O)[C@H]4O)[C@H](O)[C@H]3NC(C)=O)[C@@H](O)[C@H](O[C@H]3O[C@H](CO)[C@@H](O[C@@H]4O[C@H](CO)[C@@H](O)[C@H](O)[C@H]4NC(C)=O)[C@H](O)[C@@H]3O[C@@H]3O[C@H](CO)[C@@H](O)[C@H](O)[C@H]3NC(C)=O)[C@@H]2O)[C@@H]1O. The molecule has 33 N–H and O–H groups in total. The zero-order valence-corrected chi connectivity index (χ0v) is 73.3. The number of nitrogens with one attached hydrogen (secondary N) is 7. The average Bonchev–Trinajstić information content (AvgIpc) is 0.761. The Hall–Kier alpha value is -5.99. The fraction of sp³-hybridized carbons (Fsp3) is 0.857. The van der Waals surface area contributed by atoms with Crippen LogP contribution in [-0.4, -0.2) is 546 Å². The average molecular weight is 1960 g/mol. The number of hydrogen-bond donors (Lipinski definition) is 33. The number of aromatic nitrogens is 1. The molecule has 6 amide bonds. The molecule has 1 aromatic heterocycles. The predicted octanol–water partition coefficient (Wildman–Crippen LogP) is -20.8. The molecule has 49 atom stereocenters. The first-order valence-corrected chi connectivity index (χ1v) is 43.1. The van der Waals surface area contributed by atoms with E-state index in [0.29, 0.717) is 0 Å². The van der Waals surface area contributed by atoms with Gasteiger partial charge in [0.25, 0.3) is 0 Å². The van der Waals surface area contributed by atoms with Crippen LogP contribution in [0.15, 0.2) is 24.4 Å². The molecule has 0 spiro atoms. The third-order valence-electron chi connectivity index (χ3n) is 23.9. The van der Waals surface area contributed by atoms with Crippen LogP contribution in [0.5, 0.6) is 0 Å². The van der Waals surface area contributed by atoms with E-state index in [2.05, 4.69) is 42.2 Å². The fourth-order valence-electron chi connectivity index (χ4n) is 16.9. The van der Waals surface area contributed by atoms with Crippen molar-refractivity contribution in [1.29, 1.82) is 0 Å². The van der Waals surface area contributed by atoms with Gasteiger partial charge in [0.2, 0.25) is 35.4 Å². The van der Waals surface area contributed by atoms with E-state index in [1.807, 2.05) is 0 Å². The first-order valence-electron chi connectivity index (χ1n) is 43.1. The van der Waals surface area contributed by atoms with Gasteiger partial charge in [0.05, 0.1) is 72.1 Å². The topological polar surface area (TPSA) is 892 Å². The molecule has 0 radical (unpaired) electrons. The number of aliphatic hydroxyl groups excluding tert-OH is 26. The molecule has 0 unspecified atom stereocenters. The smallest absolute Gasteiger partial charge is 0.217 e. The Morgan fingerprint density at radius 1 is 0.326 bits per heavy atom. The number of carbonyl (C=O) groups excluding carboxylic acids is 6. The zero-order chi connectivity index (χ0) is 99.3. The van der Waals surface area contributed by atoms with Gasteiger partial charge in [-0.15, -0.1) is 0 Å². The van der Waals surface area contributed by atoms with E-state index in [0.717, 1.165) is 41.5 Å². The quantitative estimate of drug-likeness (QED) is 0.0290. The van der Waals surface area contributed by atoms with Gasteiger partial charge in [-0.05, 0) is 12.1 Å². The standard InChI is InChI=1S/C77H126N8O50/c1-22(94)80-28(11-79-39-9-7-8-10-78-39)45(101)62(29(100)12-86)129-72-43(84-26(5)98)55(111)64(35(18-92)124-72)132-75-61(117)66(133-77-68(135-71-42(83-25(4)97)54(110)48(104)32(15-89)122-71)60(116)65(36(19-93)126-77)130-70-41(82-24(3)96)53(109)47(103)31(14-88)121-70)51(107)38(127-75)21-119-76-67(58(114)50(106)37(128-76)20-118-69-40(81-23(2)95)52(108)46(102)30(13-87)120-69)134-73-44(85-27(6)99)56(112)63(34(17-91)125-73)131-74-59(115)57(113)49(105)33(16-90)123-74/h7-10,28-38,40-77,86-93,100-117H,11-21H2,1-6H3,(H,78,79)(H,80,94)(H,81,95)(H,82,96)(H,83,97)(H,84,98)(H,85,99)/t28-,29+,30+,31+,32+,33+,34+,35+,36+,37+,38+,40+,41+,42+,43+,44+,45+,46+,47+,48+,49-,50+,51+,52+,53+,54+,55+,56+,57-,58-,59+,60-,61-,62+,63+,64+,65+,66-,67-,68-,69+,70-,71-,72-,73-,74-,75-,76-,77+/m0/s1. The van der Waals surface area contributed by atoms with Gasteiger partial charge in [0, 0.05) is 54.3 Å². The maximum Gasteiger partial charge on any atom is 0.217 e. The summed E-state index contributed by atoms with van der Waals surface area (Å²) >= 11 is 0. The van der Waals surface area contributed by atoms with Gasteiger partial charge in [-0.2, -0.15) is 0 Å². The van der Waals surface area contributed by atoms with Crippen LogP contribution in [0.25, 0.3) is 0 Å². The van der Waals surface area contributed by atoms with E-state index in [1.54, 1.807) is 12.1 Å². The highest BCUT2D eigenvalue weighted by molar-refractivity contribution is 5.75. The van der Waals surface area contributed by atoms with Crippen LogP contribution < -0.4 is 37.2 Å². The number of hydrogen-bond acceptors (Lipinski definition) is 52. The number of carbonyl (C=O) groups is 6. The number of aliphatic hydroxyl groups is 26. The van der Waals surface area contributed by atoms with E-state index in [4.69, 9.17) is 85.3 Å². The van der Waals surface area contributed by atoms with Crippen molar-refractivity contribution in [2.24, 2.45) is 0 Å². The molecular weight excluding hydrogens is 1840 g/mol. The minimum atomic E-state index is -2.72. The lowest BCUT2D eigenvalue weighted by molar-refractivity contribution is -0.403. The van der Waals surface area contributed by atoms with Crippen molar-refractivity contribution in [3.63, 3.8) is 0 Å². The molecule has 0 aliphatic carbocycles. The second-order valence-corrected chi connectivity index (χ2v) is 33.7. The van der Waals surface area contributed by atoms with Crippen LogP contribution in [0, 0.1) is 0 Å². The predicted molar refractivity (Wildman–Crippen MR) is 427 cm³/mol. The normalized spacial score (nSPS) is 43.4. The first-order chi connectivity index (χ1) is 64.0. The van der Waals surface area contributed by atoms with Crippen LogP contribution >= 0.6 is 0 Å². The van der Waals surface area contributed by atoms with E-state index in [9.17, 15) is 162 Å². The van der Waals surface area contributed by atoms with E-state index < -0.39 is 402 Å². The van der Waals surface area contributed by atoms with Crippen molar-refractivity contribution in [3.8, 4) is 0 Å². The van der Waals surface area contributed by atoms with Crippen LogP contribution in [0.4, 0.5) is 5.82 Å². The molecule has 135 heavy (non-hydrogen) atoms. The number of anilines is 1. The van der Waals surface area contributed by atoms with Gasteiger partial charge in [0.1, 0.15) is 244 Å². The summed E-state index contributed by atoms with van der Waals surface area (Å²) in [6, 6.07) is -6.37. The molecule has 774 valence electrons. The highest BCUT2D eigenvalue weighted by Crippen LogP contribution is 2.41. The monoisotopic (exact) mass is 1960 g/mol. The van der Waals surface area contributed by atoms with Crippen LogP contribution in [-0.2, 0) is 114 Å². The van der Waals surface area contributed by atoms with Gasteiger partial charge >= 0.3 is 0 Å². The van der Waals surface area contributed by atoms with E-state index in [-0.39, 0.29) is 12.4 Å². The molecule has 10 rings (SSSR count). The minimum Gasteiger partial charge on any atom is -0.394 e. The maximum atomic E-state index is 13.4. The van der Waals surface area contributed by atoms with Crippen LogP contribution in [0.2, 0.25) is 0 Å². The minimum absolute atomic E-state index is 0.214. The maximum absolute atomic E-state index is 13.4. The summed E-state index contributed by atoms with van der Waals surface area (Å²) in [5.41, 5.74) is 0. The first kappa shape index (κ1) is 111. The Labute approximate surface area is 766 Å². The molecule has 0 saturated carbocycles. The molecular formula is C77H126N8O50. The summed E-state index contributed by atoms with van der Waals surface area (Å²) in [7, 11) is 0. The number of rotatable bonds is 40. The summed E-state index contributed by atoms with van der Waals surface area (Å²) in [6.45, 7) is -6.25. The molecule has 9 aliphatic rings. The molecule has 1 aromatic rings. The van der Waals surface area contributed by atoms with Gasteiger partial charge in [-0.1, -0.05) is 6.07 Å². The third-order valence-corrected chi connectivity index (χ3v) is 23.9. The molecule has 0 bridgehead atoms. The third kappa shape index (κ3) is 26.5. The number of nitrogens with zero attached hydrogens (tertiary/aromatic N) is 1. The summed E-state index contributed by atoms with van der Waals surface area (Å²) in [5, 5.41) is 314. The number of amides is 6. The Kier molecular flexibility index (Phi) is 41.2. The summed E-state index contributed by atoms with van der Waals surface area (Å²) in [5.74, 6) is -5.27.